The van der Waals surface area contributed by atoms with Crippen LogP contribution < -0.4 is 0 Å². The maximum atomic E-state index is 12.1. The highest BCUT2D eigenvalue weighted by Crippen LogP contribution is 2.20. The predicted octanol–water partition coefficient (Wildman–Crippen LogP) is 1.84. The molecule has 0 amide bonds. The molecule has 4 heteroatoms. The third-order valence-corrected chi connectivity index (χ3v) is 1.58. The van der Waals surface area contributed by atoms with Crippen LogP contribution in [0.25, 0.3) is 0 Å². The van der Waals surface area contributed by atoms with E-state index in [1.54, 1.807) is 12.1 Å². The summed E-state index contributed by atoms with van der Waals surface area (Å²) in [7, 11) is 0. The second-order valence-electron chi connectivity index (χ2n) is 2.91. The van der Waals surface area contributed by atoms with Crippen molar-refractivity contribution < 1.29 is 18.3 Å². The SMILES string of the molecule is CC(O)(Cc1ccco1)C(F)F. The number of furan rings is 1. The van der Waals surface area contributed by atoms with Crippen molar-refractivity contribution >= 4 is 0 Å². The molecule has 0 fully saturated rings. The summed E-state index contributed by atoms with van der Waals surface area (Å²) >= 11 is 0. The Bertz CT molecular complexity index is 229. The summed E-state index contributed by atoms with van der Waals surface area (Å²) in [4.78, 5) is 0. The molecule has 68 valence electrons. The summed E-state index contributed by atoms with van der Waals surface area (Å²) in [6.45, 7) is 1.08. The third kappa shape index (κ3) is 2.04. The highest BCUT2D eigenvalue weighted by atomic mass is 19.3. The number of aliphatic hydroxyl groups is 1. The molecule has 1 rings (SSSR count). The topological polar surface area (TPSA) is 33.4 Å². The summed E-state index contributed by atoms with van der Waals surface area (Å²) < 4.78 is 29.1. The maximum Gasteiger partial charge on any atom is 0.266 e. The van der Waals surface area contributed by atoms with Gasteiger partial charge in [0.25, 0.3) is 6.43 Å². The summed E-state index contributed by atoms with van der Waals surface area (Å²) in [6.07, 6.45) is -1.54. The maximum absolute atomic E-state index is 12.1. The van der Waals surface area contributed by atoms with E-state index < -0.39 is 12.0 Å². The Morgan fingerprint density at radius 2 is 2.33 bits per heavy atom. The van der Waals surface area contributed by atoms with Crippen LogP contribution in [0.15, 0.2) is 22.8 Å². The Kier molecular flexibility index (Phi) is 2.47. The summed E-state index contributed by atoms with van der Waals surface area (Å²) in [5, 5.41) is 9.15. The minimum atomic E-state index is -2.76. The van der Waals surface area contributed by atoms with Crippen molar-refractivity contribution in [2.75, 3.05) is 0 Å². The van der Waals surface area contributed by atoms with Crippen LogP contribution in [0.2, 0.25) is 0 Å². The molecule has 1 unspecified atom stereocenters. The minimum Gasteiger partial charge on any atom is -0.469 e. The molecule has 0 radical (unpaired) electrons. The average molecular weight is 176 g/mol. The van der Waals surface area contributed by atoms with Crippen molar-refractivity contribution in [1.29, 1.82) is 0 Å². The van der Waals surface area contributed by atoms with Gasteiger partial charge < -0.3 is 9.52 Å². The standard InChI is InChI=1S/C8H10F2O2/c1-8(11,7(9)10)5-6-3-2-4-12-6/h2-4,7,11H,5H2,1H3. The van der Waals surface area contributed by atoms with Crippen molar-refractivity contribution in [3.05, 3.63) is 24.2 Å². The predicted molar refractivity (Wildman–Crippen MR) is 39.0 cm³/mol. The first-order valence-corrected chi connectivity index (χ1v) is 3.55. The van der Waals surface area contributed by atoms with E-state index in [0.717, 1.165) is 6.92 Å². The molecule has 1 atom stereocenters. The first-order valence-electron chi connectivity index (χ1n) is 3.55. The molecule has 0 aliphatic carbocycles. The van der Waals surface area contributed by atoms with E-state index in [9.17, 15) is 8.78 Å². The van der Waals surface area contributed by atoms with Gasteiger partial charge in [-0.2, -0.15) is 0 Å². The van der Waals surface area contributed by atoms with Gasteiger partial charge in [0.05, 0.1) is 6.26 Å². The van der Waals surface area contributed by atoms with Crippen LogP contribution in [0.3, 0.4) is 0 Å². The Morgan fingerprint density at radius 3 is 2.75 bits per heavy atom. The smallest absolute Gasteiger partial charge is 0.266 e. The fraction of sp³-hybridized carbons (Fsp3) is 0.500. The molecule has 1 aromatic heterocycles. The lowest BCUT2D eigenvalue weighted by Gasteiger charge is -2.20. The van der Waals surface area contributed by atoms with E-state index in [-0.39, 0.29) is 6.42 Å². The van der Waals surface area contributed by atoms with E-state index in [1.165, 1.54) is 6.26 Å². The fourth-order valence-electron chi connectivity index (χ4n) is 0.843. The average Bonchev–Trinajstić information content (AvgIpc) is 2.38. The third-order valence-electron chi connectivity index (χ3n) is 1.58. The van der Waals surface area contributed by atoms with Crippen LogP contribution >= 0.6 is 0 Å². The van der Waals surface area contributed by atoms with Crippen molar-refractivity contribution in [2.45, 2.75) is 25.4 Å². The second kappa shape index (κ2) is 3.23. The minimum absolute atomic E-state index is 0.169. The summed E-state index contributed by atoms with van der Waals surface area (Å²) in [5.74, 6) is 0.361. The van der Waals surface area contributed by atoms with Crippen LogP contribution in [-0.2, 0) is 6.42 Å². The van der Waals surface area contributed by atoms with Gasteiger partial charge in [0, 0.05) is 6.42 Å². The monoisotopic (exact) mass is 176 g/mol. The van der Waals surface area contributed by atoms with Gasteiger partial charge in [0.1, 0.15) is 11.4 Å². The van der Waals surface area contributed by atoms with Crippen LogP contribution in [0.1, 0.15) is 12.7 Å². The molecule has 0 bridgehead atoms. The normalized spacial score (nSPS) is 16.4. The van der Waals surface area contributed by atoms with E-state index in [2.05, 4.69) is 0 Å². The second-order valence-corrected chi connectivity index (χ2v) is 2.91. The molecule has 0 saturated carbocycles. The Hall–Kier alpha value is -0.900. The van der Waals surface area contributed by atoms with E-state index in [0.29, 0.717) is 5.76 Å². The summed E-state index contributed by atoms with van der Waals surface area (Å²) in [5.41, 5.74) is -2.00. The Morgan fingerprint density at radius 1 is 1.67 bits per heavy atom. The van der Waals surface area contributed by atoms with Gasteiger partial charge in [-0.1, -0.05) is 0 Å². The molecule has 0 spiro atoms. The van der Waals surface area contributed by atoms with Crippen LogP contribution in [-0.4, -0.2) is 17.1 Å². The number of hydrogen-bond acceptors (Lipinski definition) is 2. The van der Waals surface area contributed by atoms with E-state index >= 15 is 0 Å². The van der Waals surface area contributed by atoms with Crippen molar-refractivity contribution in [1.82, 2.24) is 0 Å². The molecule has 2 nitrogen and oxygen atoms in total. The molecule has 0 aromatic carbocycles. The molecule has 0 saturated heterocycles. The lowest BCUT2D eigenvalue weighted by Crippen LogP contribution is -2.35. The van der Waals surface area contributed by atoms with Gasteiger partial charge >= 0.3 is 0 Å². The number of halogens is 2. The first kappa shape index (κ1) is 9.19. The van der Waals surface area contributed by atoms with Gasteiger partial charge in [-0.3, -0.25) is 0 Å². The Labute approximate surface area is 68.8 Å². The molecule has 12 heavy (non-hydrogen) atoms. The zero-order chi connectivity index (χ0) is 9.19. The molecular formula is C8H10F2O2. The lowest BCUT2D eigenvalue weighted by molar-refractivity contribution is -0.0845. The van der Waals surface area contributed by atoms with Crippen LogP contribution in [0, 0.1) is 0 Å². The van der Waals surface area contributed by atoms with Crippen LogP contribution in [0.5, 0.6) is 0 Å². The van der Waals surface area contributed by atoms with Crippen molar-refractivity contribution in [2.24, 2.45) is 0 Å². The Balaban J connectivity index is 2.62. The van der Waals surface area contributed by atoms with E-state index in [4.69, 9.17) is 9.52 Å². The van der Waals surface area contributed by atoms with E-state index in [1.807, 2.05) is 0 Å². The van der Waals surface area contributed by atoms with Crippen LogP contribution in [0.4, 0.5) is 8.78 Å². The quantitative estimate of drug-likeness (QED) is 0.762. The van der Waals surface area contributed by atoms with Gasteiger partial charge in [-0.15, -0.1) is 0 Å². The number of alkyl halides is 2. The highest BCUT2D eigenvalue weighted by Gasteiger charge is 2.33. The number of hydrogen-bond donors (Lipinski definition) is 1. The molecule has 1 N–H and O–H groups in total. The first-order chi connectivity index (χ1) is 5.52. The molecular weight excluding hydrogens is 166 g/mol. The van der Waals surface area contributed by atoms with Gasteiger partial charge in [-0.25, -0.2) is 8.78 Å². The highest BCUT2D eigenvalue weighted by molar-refractivity contribution is 5.02. The number of rotatable bonds is 3. The molecule has 0 aliphatic rings. The van der Waals surface area contributed by atoms with Crippen molar-refractivity contribution in [3.63, 3.8) is 0 Å². The molecule has 1 heterocycles. The van der Waals surface area contributed by atoms with Crippen molar-refractivity contribution in [3.8, 4) is 0 Å². The zero-order valence-electron chi connectivity index (χ0n) is 6.63. The summed E-state index contributed by atoms with van der Waals surface area (Å²) in [6, 6.07) is 3.15. The van der Waals surface area contributed by atoms with Gasteiger partial charge in [0.2, 0.25) is 0 Å². The van der Waals surface area contributed by atoms with Gasteiger partial charge in [-0.05, 0) is 19.1 Å². The lowest BCUT2D eigenvalue weighted by atomic mass is 10.0. The molecule has 1 aromatic rings. The largest absolute Gasteiger partial charge is 0.469 e. The van der Waals surface area contributed by atoms with Gasteiger partial charge in [0.15, 0.2) is 0 Å². The fourth-order valence-corrected chi connectivity index (χ4v) is 0.843. The molecule has 0 aliphatic heterocycles. The zero-order valence-corrected chi connectivity index (χ0v) is 6.63.